The average Bonchev–Trinajstić information content (AvgIpc) is 3.79. The molecule has 0 aliphatic carbocycles. The van der Waals surface area contributed by atoms with E-state index in [0.29, 0.717) is 0 Å². The highest BCUT2D eigenvalue weighted by atomic mass is 32.1. The van der Waals surface area contributed by atoms with Gasteiger partial charge in [-0.3, -0.25) is 0 Å². The van der Waals surface area contributed by atoms with Crippen molar-refractivity contribution in [2.75, 3.05) is 4.90 Å². The summed E-state index contributed by atoms with van der Waals surface area (Å²) in [6.45, 7) is 0. The Morgan fingerprint density at radius 2 is 0.922 bits per heavy atom. The fourth-order valence-electron chi connectivity index (χ4n) is 7.45. The minimum absolute atomic E-state index is 1.13. The quantitative estimate of drug-likeness (QED) is 0.168. The van der Waals surface area contributed by atoms with Crippen LogP contribution in [-0.4, -0.2) is 0 Å². The van der Waals surface area contributed by atoms with E-state index >= 15 is 0 Å². The summed E-state index contributed by atoms with van der Waals surface area (Å²) >= 11 is 3.77. The van der Waals surface area contributed by atoms with Crippen molar-refractivity contribution in [3.63, 3.8) is 0 Å². The van der Waals surface area contributed by atoms with Crippen LogP contribution in [0.15, 0.2) is 188 Å². The summed E-state index contributed by atoms with van der Waals surface area (Å²) in [6.07, 6.45) is 0. The van der Waals surface area contributed by atoms with Crippen LogP contribution in [0.4, 0.5) is 17.1 Å². The third-order valence-corrected chi connectivity index (χ3v) is 12.3. The molecule has 0 saturated carbocycles. The molecule has 1 nitrogen and oxygen atoms in total. The molecule has 0 spiro atoms. The van der Waals surface area contributed by atoms with Crippen molar-refractivity contribution in [1.29, 1.82) is 0 Å². The molecule has 0 fully saturated rings. The molecule has 240 valence electrons. The first-order valence-electron chi connectivity index (χ1n) is 17.3. The fourth-order valence-corrected chi connectivity index (χ4v) is 9.96. The lowest BCUT2D eigenvalue weighted by atomic mass is 9.99. The molecule has 51 heavy (non-hydrogen) atoms. The van der Waals surface area contributed by atoms with Gasteiger partial charge in [-0.05, 0) is 69.8 Å². The van der Waals surface area contributed by atoms with Crippen LogP contribution in [0.3, 0.4) is 0 Å². The molecule has 0 saturated heterocycles. The Hall–Kier alpha value is -6.00. The Morgan fingerprint density at radius 1 is 0.333 bits per heavy atom. The van der Waals surface area contributed by atoms with Gasteiger partial charge in [-0.2, -0.15) is 0 Å². The zero-order chi connectivity index (χ0) is 33.7. The molecule has 3 heteroatoms. The highest BCUT2D eigenvalue weighted by molar-refractivity contribution is 7.27. The van der Waals surface area contributed by atoms with Gasteiger partial charge in [-0.25, -0.2) is 0 Å². The second kappa shape index (κ2) is 12.4. The van der Waals surface area contributed by atoms with Gasteiger partial charge in [0.25, 0.3) is 0 Å². The summed E-state index contributed by atoms with van der Waals surface area (Å²) in [5.74, 6) is 0. The Labute approximate surface area is 304 Å². The number of benzene rings is 8. The highest BCUT2D eigenvalue weighted by Crippen LogP contribution is 2.51. The number of thiophene rings is 2. The predicted molar refractivity (Wildman–Crippen MR) is 223 cm³/mol. The third-order valence-electron chi connectivity index (χ3n) is 9.89. The summed E-state index contributed by atoms with van der Waals surface area (Å²) in [4.78, 5) is 2.50. The number of hydrogen-bond acceptors (Lipinski definition) is 3. The Balaban J connectivity index is 1.24. The summed E-state index contributed by atoms with van der Waals surface area (Å²) in [5.41, 5.74) is 10.9. The second-order valence-electron chi connectivity index (χ2n) is 12.9. The molecule has 0 atom stereocenters. The van der Waals surface area contributed by atoms with Crippen LogP contribution < -0.4 is 4.90 Å². The summed E-state index contributed by atoms with van der Waals surface area (Å²) < 4.78 is 5.18. The molecular formula is C48H31NS2. The van der Waals surface area contributed by atoms with Gasteiger partial charge in [0.05, 0.1) is 16.1 Å². The zero-order valence-corrected chi connectivity index (χ0v) is 29.3. The van der Waals surface area contributed by atoms with E-state index in [-0.39, 0.29) is 0 Å². The van der Waals surface area contributed by atoms with Crippen molar-refractivity contribution >= 4 is 80.1 Å². The molecule has 8 aromatic carbocycles. The van der Waals surface area contributed by atoms with Crippen LogP contribution >= 0.6 is 22.7 Å². The van der Waals surface area contributed by atoms with Crippen molar-refractivity contribution in [1.82, 2.24) is 0 Å². The van der Waals surface area contributed by atoms with Gasteiger partial charge in [-0.15, -0.1) is 22.7 Å². The highest BCUT2D eigenvalue weighted by Gasteiger charge is 2.23. The molecule has 2 heterocycles. The first kappa shape index (κ1) is 29.9. The van der Waals surface area contributed by atoms with Crippen LogP contribution in [0.25, 0.3) is 73.7 Å². The van der Waals surface area contributed by atoms with Gasteiger partial charge in [0.2, 0.25) is 0 Å². The molecule has 0 bridgehead atoms. The number of hydrogen-bond donors (Lipinski definition) is 0. The van der Waals surface area contributed by atoms with Crippen LogP contribution in [0.2, 0.25) is 0 Å². The van der Waals surface area contributed by atoms with E-state index in [0.717, 1.165) is 5.69 Å². The van der Waals surface area contributed by atoms with Crippen molar-refractivity contribution in [2.45, 2.75) is 0 Å². The summed E-state index contributed by atoms with van der Waals surface area (Å²) in [6, 6.07) is 68.5. The van der Waals surface area contributed by atoms with Crippen LogP contribution in [0.1, 0.15) is 0 Å². The maximum Gasteiger partial charge on any atom is 0.0640 e. The van der Waals surface area contributed by atoms with Gasteiger partial charge < -0.3 is 4.90 Å². The first-order valence-corrected chi connectivity index (χ1v) is 18.9. The van der Waals surface area contributed by atoms with E-state index in [1.165, 1.54) is 85.1 Å². The number of nitrogens with zero attached hydrogens (tertiary/aromatic N) is 1. The standard InChI is InChI=1S/C48H31NS2/c1-4-13-32(14-5-1)34-23-26-37(27-24-34)49(42-30-29-38(35-17-8-3-9-18-35)48-46(42)41-19-10-11-22-44(41)50-48)43-21-12-20-40-39-28-25-36(31-45(39)51-47(40)43)33-15-6-2-7-16-33/h1-31H. The topological polar surface area (TPSA) is 3.24 Å². The number of rotatable bonds is 6. The van der Waals surface area contributed by atoms with Gasteiger partial charge in [0, 0.05) is 41.3 Å². The predicted octanol–water partition coefficient (Wildman–Crippen LogP) is 14.9. The van der Waals surface area contributed by atoms with Crippen molar-refractivity contribution < 1.29 is 0 Å². The molecule has 0 aliphatic heterocycles. The Bertz CT molecular complexity index is 2830. The van der Waals surface area contributed by atoms with Gasteiger partial charge in [-0.1, -0.05) is 152 Å². The molecule has 0 aliphatic rings. The van der Waals surface area contributed by atoms with Crippen molar-refractivity contribution in [2.24, 2.45) is 0 Å². The molecule has 10 aromatic rings. The third kappa shape index (κ3) is 5.13. The van der Waals surface area contributed by atoms with Crippen LogP contribution in [-0.2, 0) is 0 Å². The SMILES string of the molecule is c1ccc(-c2ccc(N(c3cccc4c3sc3cc(-c5ccccc5)ccc34)c3ccc(-c4ccccc4)c4sc5ccccc5c34)cc2)cc1. The lowest BCUT2D eigenvalue weighted by molar-refractivity contribution is 1.32. The molecule has 0 N–H and O–H groups in total. The average molecular weight is 686 g/mol. The van der Waals surface area contributed by atoms with E-state index in [1.54, 1.807) is 0 Å². The molecule has 0 radical (unpaired) electrons. The summed E-state index contributed by atoms with van der Waals surface area (Å²) in [7, 11) is 0. The van der Waals surface area contributed by atoms with Crippen molar-refractivity contribution in [3.8, 4) is 33.4 Å². The van der Waals surface area contributed by atoms with Crippen LogP contribution in [0.5, 0.6) is 0 Å². The monoisotopic (exact) mass is 685 g/mol. The number of fused-ring (bicyclic) bond motifs is 6. The first-order chi connectivity index (χ1) is 25.3. The maximum atomic E-state index is 2.50. The molecular weight excluding hydrogens is 655 g/mol. The van der Waals surface area contributed by atoms with Gasteiger partial charge in [0.1, 0.15) is 0 Å². The van der Waals surface area contributed by atoms with E-state index in [9.17, 15) is 0 Å². The van der Waals surface area contributed by atoms with Gasteiger partial charge in [0.15, 0.2) is 0 Å². The fraction of sp³-hybridized carbons (Fsp3) is 0. The Kier molecular flexibility index (Phi) is 7.26. The normalized spacial score (nSPS) is 11.5. The smallest absolute Gasteiger partial charge is 0.0640 e. The Morgan fingerprint density at radius 3 is 1.67 bits per heavy atom. The zero-order valence-electron chi connectivity index (χ0n) is 27.7. The van der Waals surface area contributed by atoms with E-state index in [4.69, 9.17) is 0 Å². The molecule has 2 aromatic heterocycles. The van der Waals surface area contributed by atoms with Gasteiger partial charge >= 0.3 is 0 Å². The van der Waals surface area contributed by atoms with E-state index in [1.807, 2.05) is 22.7 Å². The minimum Gasteiger partial charge on any atom is -0.308 e. The minimum atomic E-state index is 1.13. The molecule has 0 amide bonds. The van der Waals surface area contributed by atoms with E-state index in [2.05, 4.69) is 193 Å². The molecule has 10 rings (SSSR count). The number of anilines is 3. The molecule has 0 unspecified atom stereocenters. The lowest BCUT2D eigenvalue weighted by Gasteiger charge is -2.28. The second-order valence-corrected chi connectivity index (χ2v) is 15.0. The maximum absolute atomic E-state index is 2.50. The largest absolute Gasteiger partial charge is 0.308 e. The summed E-state index contributed by atoms with van der Waals surface area (Å²) in [5, 5.41) is 5.15. The van der Waals surface area contributed by atoms with E-state index < -0.39 is 0 Å². The van der Waals surface area contributed by atoms with Crippen LogP contribution in [0, 0.1) is 0 Å². The lowest BCUT2D eigenvalue weighted by Crippen LogP contribution is -2.10. The van der Waals surface area contributed by atoms with Crippen molar-refractivity contribution in [3.05, 3.63) is 188 Å².